The molecule has 1 fully saturated rings. The van der Waals surface area contributed by atoms with Gasteiger partial charge in [0.1, 0.15) is 5.75 Å². The minimum Gasteiger partial charge on any atom is -0.490 e. The van der Waals surface area contributed by atoms with Crippen LogP contribution in [-0.2, 0) is 17.5 Å². The maximum Gasteiger partial charge on any atom is 0.419 e. The molecule has 10 heteroatoms. The lowest BCUT2D eigenvalue weighted by Gasteiger charge is -2.33. The molecule has 0 unspecified atom stereocenters. The second-order valence-corrected chi connectivity index (χ2v) is 8.58. The van der Waals surface area contributed by atoms with Gasteiger partial charge in [-0.1, -0.05) is 29.4 Å². The predicted octanol–water partition coefficient (Wildman–Crippen LogP) is 5.16. The summed E-state index contributed by atoms with van der Waals surface area (Å²) in [6, 6.07) is 11.2. The molecule has 1 aliphatic carbocycles. The molecule has 0 atom stereocenters. The smallest absolute Gasteiger partial charge is 0.419 e. The Morgan fingerprint density at radius 2 is 1.85 bits per heavy atom. The van der Waals surface area contributed by atoms with Gasteiger partial charge in [-0.05, 0) is 50.5 Å². The zero-order chi connectivity index (χ0) is 24.5. The van der Waals surface area contributed by atoms with E-state index in [9.17, 15) is 18.0 Å². The van der Waals surface area contributed by atoms with Crippen LogP contribution in [-0.4, -0.2) is 33.4 Å². The third-order valence-corrected chi connectivity index (χ3v) is 5.61. The molecule has 1 heterocycles. The maximum atomic E-state index is 13.5. The highest BCUT2D eigenvalue weighted by Crippen LogP contribution is 2.39. The van der Waals surface area contributed by atoms with E-state index in [1.165, 1.54) is 12.1 Å². The molecule has 0 bridgehead atoms. The fraction of sp³-hybridized carbons (Fsp3) is 0.375. The van der Waals surface area contributed by atoms with Crippen molar-refractivity contribution >= 4 is 5.97 Å². The molecule has 34 heavy (non-hydrogen) atoms. The summed E-state index contributed by atoms with van der Waals surface area (Å²) in [5.41, 5.74) is 0.894. The number of halogens is 3. The highest BCUT2D eigenvalue weighted by Gasteiger charge is 2.36. The van der Waals surface area contributed by atoms with Crippen LogP contribution in [0.4, 0.5) is 13.2 Å². The molecule has 0 saturated heterocycles. The van der Waals surface area contributed by atoms with E-state index in [-0.39, 0.29) is 35.0 Å². The number of aromatic nitrogens is 2. The molecule has 7 nitrogen and oxygen atoms in total. The van der Waals surface area contributed by atoms with Crippen LogP contribution in [0, 0.1) is 5.92 Å². The summed E-state index contributed by atoms with van der Waals surface area (Å²) in [6.45, 7) is 3.91. The van der Waals surface area contributed by atoms with Gasteiger partial charge >= 0.3 is 12.1 Å². The van der Waals surface area contributed by atoms with Crippen molar-refractivity contribution in [1.82, 2.24) is 15.5 Å². The van der Waals surface area contributed by atoms with Crippen molar-refractivity contribution in [2.75, 3.05) is 0 Å². The van der Waals surface area contributed by atoms with Gasteiger partial charge in [-0.2, -0.15) is 18.2 Å². The molecule has 1 aliphatic rings. The van der Waals surface area contributed by atoms with Crippen LogP contribution >= 0.6 is 0 Å². The number of carbonyl (C=O) groups is 1. The average molecular weight is 475 g/mol. The minimum absolute atomic E-state index is 0.0275. The third-order valence-electron chi connectivity index (χ3n) is 5.61. The number of benzene rings is 2. The lowest BCUT2D eigenvalue weighted by molar-refractivity contribution is -0.145. The summed E-state index contributed by atoms with van der Waals surface area (Å²) in [4.78, 5) is 15.1. The SMILES string of the molecule is CC(C)Oc1ccc(-c2nc(-c3ccc(CNC4CC(C(=O)O)C4)cc3)no2)cc1C(F)(F)F. The molecular weight excluding hydrogens is 451 g/mol. The highest BCUT2D eigenvalue weighted by atomic mass is 19.4. The number of nitrogens with zero attached hydrogens (tertiary/aromatic N) is 2. The van der Waals surface area contributed by atoms with Gasteiger partial charge in [0.2, 0.25) is 5.82 Å². The van der Waals surface area contributed by atoms with Crippen LogP contribution in [0.25, 0.3) is 22.8 Å². The quantitative estimate of drug-likeness (QED) is 0.464. The summed E-state index contributed by atoms with van der Waals surface area (Å²) in [7, 11) is 0. The van der Waals surface area contributed by atoms with Crippen molar-refractivity contribution in [2.24, 2.45) is 5.92 Å². The summed E-state index contributed by atoms with van der Waals surface area (Å²) in [6.07, 6.45) is -3.75. The number of aliphatic carboxylic acids is 1. The second-order valence-electron chi connectivity index (χ2n) is 8.58. The topological polar surface area (TPSA) is 97.5 Å². The Morgan fingerprint density at radius 1 is 1.18 bits per heavy atom. The van der Waals surface area contributed by atoms with E-state index >= 15 is 0 Å². The van der Waals surface area contributed by atoms with E-state index in [0.29, 0.717) is 24.9 Å². The number of carboxylic acids is 1. The maximum absolute atomic E-state index is 13.5. The van der Waals surface area contributed by atoms with Crippen molar-refractivity contribution in [3.63, 3.8) is 0 Å². The highest BCUT2D eigenvalue weighted by molar-refractivity contribution is 5.71. The molecule has 3 aromatic rings. The summed E-state index contributed by atoms with van der Waals surface area (Å²) >= 11 is 0. The molecule has 0 aliphatic heterocycles. The van der Waals surface area contributed by atoms with Crippen molar-refractivity contribution in [2.45, 2.75) is 51.6 Å². The van der Waals surface area contributed by atoms with E-state index in [1.807, 2.05) is 12.1 Å². The molecular formula is C24H24F3N3O4. The first-order valence-corrected chi connectivity index (χ1v) is 10.9. The summed E-state index contributed by atoms with van der Waals surface area (Å²) in [5, 5.41) is 16.2. The van der Waals surface area contributed by atoms with Crippen LogP contribution < -0.4 is 10.1 Å². The van der Waals surface area contributed by atoms with Crippen LogP contribution in [0.2, 0.25) is 0 Å². The molecule has 0 radical (unpaired) electrons. The molecule has 180 valence electrons. The fourth-order valence-electron chi connectivity index (χ4n) is 3.72. The Bertz CT molecular complexity index is 1150. The van der Waals surface area contributed by atoms with Gasteiger partial charge in [-0.3, -0.25) is 4.79 Å². The number of carboxylic acid groups (broad SMARTS) is 1. The monoisotopic (exact) mass is 475 g/mol. The Morgan fingerprint density at radius 3 is 2.47 bits per heavy atom. The van der Waals surface area contributed by atoms with E-state index in [4.69, 9.17) is 14.4 Å². The van der Waals surface area contributed by atoms with E-state index in [2.05, 4.69) is 15.5 Å². The lowest BCUT2D eigenvalue weighted by atomic mass is 9.80. The first kappa shape index (κ1) is 23.7. The molecule has 0 spiro atoms. The second kappa shape index (κ2) is 9.46. The molecule has 1 saturated carbocycles. The number of ether oxygens (including phenoxy) is 1. The molecule has 0 amide bonds. The third kappa shape index (κ3) is 5.39. The Labute approximate surface area is 193 Å². The normalized spacial score (nSPS) is 18.1. The zero-order valence-corrected chi connectivity index (χ0v) is 18.6. The molecule has 4 rings (SSSR count). The van der Waals surface area contributed by atoms with Gasteiger partial charge in [0, 0.05) is 23.7 Å². The van der Waals surface area contributed by atoms with E-state index in [1.54, 1.807) is 26.0 Å². The average Bonchev–Trinajstić information content (AvgIpc) is 3.22. The van der Waals surface area contributed by atoms with Crippen LogP contribution in [0.5, 0.6) is 5.75 Å². The number of hydrogen-bond donors (Lipinski definition) is 2. The summed E-state index contributed by atoms with van der Waals surface area (Å²) < 4.78 is 51.1. The van der Waals surface area contributed by atoms with Crippen molar-refractivity contribution in [3.8, 4) is 28.6 Å². The Kier molecular flexibility index (Phi) is 6.60. The Hall–Kier alpha value is -3.40. The summed E-state index contributed by atoms with van der Waals surface area (Å²) in [5.74, 6) is -1.04. The molecule has 2 N–H and O–H groups in total. The number of alkyl halides is 3. The number of nitrogens with one attached hydrogen (secondary N) is 1. The van der Waals surface area contributed by atoms with Gasteiger partial charge in [0.15, 0.2) is 0 Å². The zero-order valence-electron chi connectivity index (χ0n) is 18.6. The number of hydrogen-bond acceptors (Lipinski definition) is 6. The fourth-order valence-corrected chi connectivity index (χ4v) is 3.72. The lowest BCUT2D eigenvalue weighted by Crippen LogP contribution is -2.43. The first-order valence-electron chi connectivity index (χ1n) is 10.9. The van der Waals surface area contributed by atoms with E-state index < -0.39 is 23.8 Å². The molecule has 2 aromatic carbocycles. The van der Waals surface area contributed by atoms with Gasteiger partial charge in [-0.15, -0.1) is 0 Å². The Balaban J connectivity index is 1.44. The van der Waals surface area contributed by atoms with Gasteiger partial charge in [0.05, 0.1) is 17.6 Å². The standard InChI is InChI=1S/C24H24F3N3O4/c1-13(2)33-20-8-7-16(11-19(20)24(25,26)27)22-29-21(30-34-22)15-5-3-14(4-6-15)12-28-18-9-17(10-18)23(31)32/h3-8,11,13,17-18,28H,9-10,12H2,1-2H3,(H,31,32). The molecule has 1 aromatic heterocycles. The predicted molar refractivity (Wildman–Crippen MR) is 117 cm³/mol. The van der Waals surface area contributed by atoms with Crippen molar-refractivity contribution in [3.05, 3.63) is 53.6 Å². The first-order chi connectivity index (χ1) is 16.1. The van der Waals surface area contributed by atoms with Crippen molar-refractivity contribution in [1.29, 1.82) is 0 Å². The largest absolute Gasteiger partial charge is 0.490 e. The number of rotatable bonds is 8. The van der Waals surface area contributed by atoms with E-state index in [0.717, 1.165) is 11.6 Å². The van der Waals surface area contributed by atoms with Gasteiger partial charge in [-0.25, -0.2) is 0 Å². The van der Waals surface area contributed by atoms with Crippen molar-refractivity contribution < 1.29 is 32.3 Å². The van der Waals surface area contributed by atoms with Gasteiger partial charge < -0.3 is 19.7 Å². The van der Waals surface area contributed by atoms with Crippen LogP contribution in [0.1, 0.15) is 37.8 Å². The van der Waals surface area contributed by atoms with Gasteiger partial charge in [0.25, 0.3) is 5.89 Å². The van der Waals surface area contributed by atoms with Crippen LogP contribution in [0.3, 0.4) is 0 Å². The minimum atomic E-state index is -4.60. The van der Waals surface area contributed by atoms with Crippen LogP contribution in [0.15, 0.2) is 47.0 Å².